The van der Waals surface area contributed by atoms with Gasteiger partial charge in [-0.1, -0.05) is 25.5 Å². The molecule has 0 aromatic rings. The second-order valence-corrected chi connectivity index (χ2v) is 2.09. The molecule has 0 bridgehead atoms. The fourth-order valence-electron chi connectivity index (χ4n) is 0.597. The van der Waals surface area contributed by atoms with Crippen LogP contribution in [0, 0.1) is 0 Å². The smallest absolute Gasteiger partial charge is 0.0897 e. The largest absolute Gasteiger partial charge is 0.251 e. The first-order chi connectivity index (χ1) is 4.41. The molecule has 0 atom stereocenters. The van der Waals surface area contributed by atoms with Gasteiger partial charge < -0.3 is 0 Å². The van der Waals surface area contributed by atoms with E-state index in [0.717, 1.165) is 12.8 Å². The van der Waals surface area contributed by atoms with Gasteiger partial charge in [-0.25, -0.2) is 0 Å². The molecule has 0 heterocycles. The highest BCUT2D eigenvalue weighted by Gasteiger charge is 1.78. The molecule has 0 unspecified atom stereocenters. The second kappa shape index (κ2) is 7.67. The average Bonchev–Trinajstić information content (AvgIpc) is 1.89. The van der Waals surface area contributed by atoms with Gasteiger partial charge in [-0.3, -0.25) is 4.39 Å². The number of allylic oxidation sites excluding steroid dienone is 2. The molecule has 0 amide bonds. The number of unbranched alkanes of at least 4 members (excludes halogenated alkanes) is 2. The van der Waals surface area contributed by atoms with Crippen molar-refractivity contribution in [1.82, 2.24) is 0 Å². The Morgan fingerprint density at radius 1 is 1.22 bits per heavy atom. The lowest BCUT2D eigenvalue weighted by molar-refractivity contribution is 0.475. The fraction of sp³-hybridized carbons (Fsp3) is 0.750. The molecule has 9 heavy (non-hydrogen) atoms. The molecule has 0 fully saturated rings. The molecule has 0 nitrogen and oxygen atoms in total. The lowest BCUT2D eigenvalue weighted by Crippen LogP contribution is -1.71. The molecular formula is C8H15F. The first kappa shape index (κ1) is 8.67. The minimum absolute atomic E-state index is 0.184. The summed E-state index contributed by atoms with van der Waals surface area (Å²) in [6.45, 7) is 1.95. The second-order valence-electron chi connectivity index (χ2n) is 2.09. The number of hydrogen-bond acceptors (Lipinski definition) is 0. The maximum atomic E-state index is 11.5. The zero-order chi connectivity index (χ0) is 6.95. The Labute approximate surface area is 56.8 Å². The van der Waals surface area contributed by atoms with Crippen LogP contribution in [-0.4, -0.2) is 6.67 Å². The molecule has 0 saturated carbocycles. The first-order valence-corrected chi connectivity index (χ1v) is 3.62. The van der Waals surface area contributed by atoms with Gasteiger partial charge in [-0.15, -0.1) is 0 Å². The van der Waals surface area contributed by atoms with E-state index in [1.807, 2.05) is 0 Å². The average molecular weight is 130 g/mol. The van der Waals surface area contributed by atoms with E-state index in [-0.39, 0.29) is 6.67 Å². The van der Waals surface area contributed by atoms with Crippen LogP contribution in [0.25, 0.3) is 0 Å². The number of halogens is 1. The summed E-state index contributed by atoms with van der Waals surface area (Å²) in [4.78, 5) is 0. The van der Waals surface area contributed by atoms with E-state index in [1.165, 1.54) is 6.42 Å². The predicted octanol–water partition coefficient (Wildman–Crippen LogP) is 3.09. The van der Waals surface area contributed by atoms with Crippen LogP contribution in [-0.2, 0) is 0 Å². The third-order valence-electron chi connectivity index (χ3n) is 1.13. The summed E-state index contributed by atoms with van der Waals surface area (Å²) < 4.78 is 11.5. The molecule has 0 rings (SSSR count). The van der Waals surface area contributed by atoms with E-state index in [0.29, 0.717) is 6.42 Å². The van der Waals surface area contributed by atoms with E-state index in [2.05, 4.69) is 19.1 Å². The van der Waals surface area contributed by atoms with Crippen molar-refractivity contribution in [3.8, 4) is 0 Å². The minimum Gasteiger partial charge on any atom is -0.251 e. The van der Waals surface area contributed by atoms with E-state index < -0.39 is 0 Å². The van der Waals surface area contributed by atoms with Crippen LogP contribution < -0.4 is 0 Å². The molecular weight excluding hydrogens is 115 g/mol. The van der Waals surface area contributed by atoms with Gasteiger partial charge in [0, 0.05) is 0 Å². The summed E-state index contributed by atoms with van der Waals surface area (Å²) in [6.07, 6.45) is 8.08. The van der Waals surface area contributed by atoms with Crippen molar-refractivity contribution in [3.63, 3.8) is 0 Å². The van der Waals surface area contributed by atoms with Gasteiger partial charge in [0.25, 0.3) is 0 Å². The zero-order valence-corrected chi connectivity index (χ0v) is 6.07. The molecule has 54 valence electrons. The van der Waals surface area contributed by atoms with Crippen molar-refractivity contribution in [2.45, 2.75) is 32.6 Å². The maximum Gasteiger partial charge on any atom is 0.0897 e. The van der Waals surface area contributed by atoms with Gasteiger partial charge in [-0.2, -0.15) is 0 Å². The Kier molecular flexibility index (Phi) is 7.39. The highest BCUT2D eigenvalue weighted by molar-refractivity contribution is 4.80. The van der Waals surface area contributed by atoms with Crippen LogP contribution in [0.1, 0.15) is 32.6 Å². The lowest BCUT2D eigenvalue weighted by Gasteiger charge is -1.85. The van der Waals surface area contributed by atoms with Gasteiger partial charge in [0.2, 0.25) is 0 Å². The van der Waals surface area contributed by atoms with Gasteiger partial charge in [0.1, 0.15) is 0 Å². The van der Waals surface area contributed by atoms with Crippen LogP contribution in [0.3, 0.4) is 0 Å². The third kappa shape index (κ3) is 7.67. The van der Waals surface area contributed by atoms with Crippen molar-refractivity contribution >= 4 is 0 Å². The minimum atomic E-state index is -0.184. The Balaban J connectivity index is 2.86. The molecule has 0 aliphatic carbocycles. The number of alkyl halides is 1. The lowest BCUT2D eigenvalue weighted by atomic mass is 10.2. The summed E-state index contributed by atoms with van der Waals surface area (Å²) >= 11 is 0. The Morgan fingerprint density at radius 3 is 2.44 bits per heavy atom. The van der Waals surface area contributed by atoms with E-state index in [4.69, 9.17) is 0 Å². The first-order valence-electron chi connectivity index (χ1n) is 3.62. The summed E-state index contributed by atoms with van der Waals surface area (Å²) in [5.41, 5.74) is 0. The van der Waals surface area contributed by atoms with Crippen molar-refractivity contribution in [2.75, 3.05) is 6.67 Å². The van der Waals surface area contributed by atoms with Gasteiger partial charge in [-0.05, 0) is 19.3 Å². The summed E-state index contributed by atoms with van der Waals surface area (Å²) in [5.74, 6) is 0. The maximum absolute atomic E-state index is 11.5. The summed E-state index contributed by atoms with van der Waals surface area (Å²) in [7, 11) is 0. The van der Waals surface area contributed by atoms with E-state index in [1.54, 1.807) is 0 Å². The van der Waals surface area contributed by atoms with Crippen LogP contribution in [0.2, 0.25) is 0 Å². The summed E-state index contributed by atoms with van der Waals surface area (Å²) in [6, 6.07) is 0. The van der Waals surface area contributed by atoms with Crippen molar-refractivity contribution in [1.29, 1.82) is 0 Å². The Hall–Kier alpha value is -0.330. The van der Waals surface area contributed by atoms with Gasteiger partial charge in [0.05, 0.1) is 6.67 Å². The molecule has 0 aliphatic heterocycles. The molecule has 0 spiro atoms. The monoisotopic (exact) mass is 130 g/mol. The topological polar surface area (TPSA) is 0 Å². The highest BCUT2D eigenvalue weighted by Crippen LogP contribution is 1.94. The normalized spacial score (nSPS) is 10.9. The Bertz CT molecular complexity index is 67.0. The molecule has 0 aliphatic rings. The molecule has 0 aromatic heterocycles. The van der Waals surface area contributed by atoms with Crippen molar-refractivity contribution in [3.05, 3.63) is 12.2 Å². The third-order valence-corrected chi connectivity index (χ3v) is 1.13. The number of hydrogen-bond donors (Lipinski definition) is 0. The SMILES string of the molecule is CCC/C=C/CCCF. The predicted molar refractivity (Wildman–Crippen MR) is 39.3 cm³/mol. The van der Waals surface area contributed by atoms with E-state index >= 15 is 0 Å². The van der Waals surface area contributed by atoms with Gasteiger partial charge in [0.15, 0.2) is 0 Å². The van der Waals surface area contributed by atoms with Gasteiger partial charge >= 0.3 is 0 Å². The van der Waals surface area contributed by atoms with Crippen LogP contribution in [0.4, 0.5) is 4.39 Å². The zero-order valence-electron chi connectivity index (χ0n) is 6.07. The Morgan fingerprint density at radius 2 is 1.89 bits per heavy atom. The molecule has 0 N–H and O–H groups in total. The van der Waals surface area contributed by atoms with Crippen molar-refractivity contribution < 1.29 is 4.39 Å². The fourth-order valence-corrected chi connectivity index (χ4v) is 0.597. The van der Waals surface area contributed by atoms with Crippen LogP contribution in [0.15, 0.2) is 12.2 Å². The van der Waals surface area contributed by atoms with Crippen molar-refractivity contribution in [2.24, 2.45) is 0 Å². The number of rotatable bonds is 5. The highest BCUT2D eigenvalue weighted by atomic mass is 19.1. The van der Waals surface area contributed by atoms with E-state index in [9.17, 15) is 4.39 Å². The summed E-state index contributed by atoms with van der Waals surface area (Å²) in [5, 5.41) is 0. The van der Waals surface area contributed by atoms with Crippen LogP contribution in [0.5, 0.6) is 0 Å². The quantitative estimate of drug-likeness (QED) is 0.396. The molecule has 0 saturated heterocycles. The molecule has 1 heteroatoms. The standard InChI is InChI=1S/C8H15F/c1-2-3-4-5-6-7-8-9/h4-5H,2-3,6-8H2,1H3/b5-4+. The van der Waals surface area contributed by atoms with Crippen LogP contribution >= 0.6 is 0 Å². The molecule has 0 radical (unpaired) electrons. The molecule has 0 aromatic carbocycles.